The van der Waals surface area contributed by atoms with Crippen molar-refractivity contribution in [3.63, 3.8) is 0 Å². The van der Waals surface area contributed by atoms with Gasteiger partial charge >= 0.3 is 0 Å². The van der Waals surface area contributed by atoms with Gasteiger partial charge in [0.1, 0.15) is 5.82 Å². The first-order valence-corrected chi connectivity index (χ1v) is 10.3. The fourth-order valence-electron chi connectivity index (χ4n) is 3.21. The van der Waals surface area contributed by atoms with E-state index in [2.05, 4.69) is 51.5 Å². The molecule has 1 saturated heterocycles. The molecule has 14 heteroatoms. The lowest BCUT2D eigenvalue weighted by molar-refractivity contribution is 0.122. The van der Waals surface area contributed by atoms with Crippen LogP contribution >= 0.6 is 15.9 Å². The number of rotatable bonds is 5. The maximum absolute atomic E-state index is 13.5. The Hall–Kier alpha value is -3.26. The molecular formula is C18H15BrF3N9O. The van der Waals surface area contributed by atoms with Crippen molar-refractivity contribution >= 4 is 33.5 Å². The highest BCUT2D eigenvalue weighted by Crippen LogP contribution is 2.23. The zero-order chi connectivity index (χ0) is 22.2. The average Bonchev–Trinajstić information content (AvgIpc) is 3.43. The van der Waals surface area contributed by atoms with Crippen LogP contribution in [0.2, 0.25) is 0 Å². The number of ether oxygens (including phenoxy) is 1. The Labute approximate surface area is 187 Å². The van der Waals surface area contributed by atoms with Gasteiger partial charge in [-0.3, -0.25) is 5.10 Å². The smallest absolute Gasteiger partial charge is 0.230 e. The second-order valence-electron chi connectivity index (χ2n) is 6.89. The van der Waals surface area contributed by atoms with E-state index in [1.54, 1.807) is 6.20 Å². The molecule has 0 bridgehead atoms. The Balaban J connectivity index is 1.40. The van der Waals surface area contributed by atoms with Gasteiger partial charge in [0.25, 0.3) is 0 Å². The van der Waals surface area contributed by atoms with Crippen LogP contribution in [0.4, 0.5) is 25.1 Å². The Morgan fingerprint density at radius 1 is 1.09 bits per heavy atom. The first-order valence-electron chi connectivity index (χ1n) is 9.53. The molecule has 1 aromatic carbocycles. The molecule has 1 fully saturated rings. The molecule has 4 heterocycles. The van der Waals surface area contributed by atoms with E-state index in [0.29, 0.717) is 54.1 Å². The Bertz CT molecular complexity index is 1270. The van der Waals surface area contributed by atoms with Crippen LogP contribution in [0, 0.1) is 17.5 Å². The van der Waals surface area contributed by atoms with Crippen molar-refractivity contribution in [2.45, 2.75) is 6.54 Å². The topological polar surface area (TPSA) is 109 Å². The minimum absolute atomic E-state index is 0.0129. The lowest BCUT2D eigenvalue weighted by Gasteiger charge is -2.27. The summed E-state index contributed by atoms with van der Waals surface area (Å²) in [5.41, 5.74) is 0.596. The van der Waals surface area contributed by atoms with Crippen LogP contribution in [0.1, 0.15) is 5.82 Å². The molecule has 166 valence electrons. The third kappa shape index (κ3) is 3.86. The first-order chi connectivity index (χ1) is 15.5. The highest BCUT2D eigenvalue weighted by atomic mass is 79.9. The molecule has 10 nitrogen and oxygen atoms in total. The molecule has 0 saturated carbocycles. The van der Waals surface area contributed by atoms with Gasteiger partial charge < -0.3 is 15.0 Å². The van der Waals surface area contributed by atoms with Crippen molar-refractivity contribution in [2.75, 3.05) is 36.5 Å². The maximum atomic E-state index is 13.5. The standard InChI is InChI=1S/C18H15BrF3N9O/c19-10-7-24-31-16(10)26-18(30-1-3-32-4-2-30)27-17(31)23-8-13-25-15(29-28-13)9-5-11(20)14(22)12(21)6-9/h5-7H,1-4,8H2,(H,23,26,27)(H,25,28,29). The monoisotopic (exact) mass is 509 g/mol. The largest absolute Gasteiger partial charge is 0.378 e. The van der Waals surface area contributed by atoms with E-state index in [0.717, 1.165) is 12.1 Å². The summed E-state index contributed by atoms with van der Waals surface area (Å²) < 4.78 is 47.8. The van der Waals surface area contributed by atoms with E-state index in [1.165, 1.54) is 4.52 Å². The molecule has 0 aliphatic carbocycles. The number of H-pyrrole nitrogens is 1. The summed E-state index contributed by atoms with van der Waals surface area (Å²) in [7, 11) is 0. The number of aromatic nitrogens is 7. The molecular weight excluding hydrogens is 495 g/mol. The molecule has 2 N–H and O–H groups in total. The average molecular weight is 510 g/mol. The number of fused-ring (bicyclic) bond motifs is 1. The summed E-state index contributed by atoms with van der Waals surface area (Å²) in [4.78, 5) is 15.4. The molecule has 32 heavy (non-hydrogen) atoms. The molecule has 0 unspecified atom stereocenters. The van der Waals surface area contributed by atoms with Crippen LogP contribution in [-0.4, -0.2) is 61.1 Å². The molecule has 3 aromatic heterocycles. The van der Waals surface area contributed by atoms with Crippen LogP contribution in [0.3, 0.4) is 0 Å². The maximum Gasteiger partial charge on any atom is 0.230 e. The Kier molecular flexibility index (Phi) is 5.38. The summed E-state index contributed by atoms with van der Waals surface area (Å²) >= 11 is 3.44. The summed E-state index contributed by atoms with van der Waals surface area (Å²) in [6.45, 7) is 2.66. The molecule has 4 aromatic rings. The van der Waals surface area contributed by atoms with Crippen LogP contribution < -0.4 is 10.2 Å². The highest BCUT2D eigenvalue weighted by molar-refractivity contribution is 9.10. The summed E-state index contributed by atoms with van der Waals surface area (Å²) in [5.74, 6) is -2.82. The summed E-state index contributed by atoms with van der Waals surface area (Å²) in [6, 6.07) is 1.67. The van der Waals surface area contributed by atoms with Gasteiger partial charge in [-0.05, 0) is 28.1 Å². The molecule has 1 aliphatic heterocycles. The van der Waals surface area contributed by atoms with E-state index in [-0.39, 0.29) is 17.9 Å². The van der Waals surface area contributed by atoms with Gasteiger partial charge in [-0.2, -0.15) is 24.7 Å². The number of halogens is 4. The second kappa shape index (κ2) is 8.35. The highest BCUT2D eigenvalue weighted by Gasteiger charge is 2.19. The van der Waals surface area contributed by atoms with E-state index in [4.69, 9.17) is 4.74 Å². The number of aromatic amines is 1. The second-order valence-corrected chi connectivity index (χ2v) is 7.74. The number of morpholine rings is 1. The van der Waals surface area contributed by atoms with Crippen LogP contribution in [-0.2, 0) is 11.3 Å². The van der Waals surface area contributed by atoms with Crippen LogP contribution in [0.15, 0.2) is 22.8 Å². The van der Waals surface area contributed by atoms with Gasteiger partial charge in [0.05, 0.1) is 30.4 Å². The fourth-order valence-corrected chi connectivity index (χ4v) is 3.56. The third-order valence-electron chi connectivity index (χ3n) is 4.79. The van der Waals surface area contributed by atoms with Gasteiger partial charge in [-0.25, -0.2) is 18.2 Å². The Morgan fingerprint density at radius 3 is 2.59 bits per heavy atom. The Morgan fingerprint density at radius 2 is 1.84 bits per heavy atom. The van der Waals surface area contributed by atoms with Crippen molar-refractivity contribution in [3.8, 4) is 11.4 Å². The normalized spacial score (nSPS) is 14.3. The summed E-state index contributed by atoms with van der Waals surface area (Å²) in [5, 5.41) is 14.0. The lowest BCUT2D eigenvalue weighted by Crippen LogP contribution is -2.37. The van der Waals surface area contributed by atoms with Crippen molar-refractivity contribution < 1.29 is 17.9 Å². The number of anilines is 2. The quantitative estimate of drug-likeness (QED) is 0.395. The molecule has 5 rings (SSSR count). The van der Waals surface area contributed by atoms with Crippen LogP contribution in [0.25, 0.3) is 17.0 Å². The molecule has 0 atom stereocenters. The van der Waals surface area contributed by atoms with E-state index in [1.807, 2.05) is 4.90 Å². The first kappa shape index (κ1) is 20.6. The zero-order valence-electron chi connectivity index (χ0n) is 16.3. The number of nitrogens with one attached hydrogen (secondary N) is 2. The van der Waals surface area contributed by atoms with Gasteiger partial charge in [0, 0.05) is 18.7 Å². The number of hydrogen-bond donors (Lipinski definition) is 2. The molecule has 0 radical (unpaired) electrons. The van der Waals surface area contributed by atoms with Crippen LogP contribution in [0.5, 0.6) is 0 Å². The number of benzene rings is 1. The van der Waals surface area contributed by atoms with Crippen molar-refractivity contribution in [1.82, 2.24) is 34.8 Å². The molecule has 0 spiro atoms. The number of hydrogen-bond acceptors (Lipinski definition) is 8. The molecule has 1 aliphatic rings. The van der Waals surface area contributed by atoms with E-state index >= 15 is 0 Å². The van der Waals surface area contributed by atoms with Gasteiger partial charge in [-0.1, -0.05) is 0 Å². The summed E-state index contributed by atoms with van der Waals surface area (Å²) in [6.07, 6.45) is 1.61. The third-order valence-corrected chi connectivity index (χ3v) is 5.35. The SMILES string of the molecule is Fc1cc(-c2n[nH]c(CNc3nc(N4CCOCC4)nc4c(Br)cnn34)n2)cc(F)c1F. The van der Waals surface area contributed by atoms with Gasteiger partial charge in [0.2, 0.25) is 11.9 Å². The fraction of sp³-hybridized carbons (Fsp3) is 0.278. The van der Waals surface area contributed by atoms with Crippen molar-refractivity contribution in [1.29, 1.82) is 0 Å². The van der Waals surface area contributed by atoms with Gasteiger partial charge in [-0.15, -0.1) is 0 Å². The lowest BCUT2D eigenvalue weighted by atomic mass is 10.2. The predicted octanol–water partition coefficient (Wildman–Crippen LogP) is 2.54. The van der Waals surface area contributed by atoms with Gasteiger partial charge in [0.15, 0.2) is 28.9 Å². The zero-order valence-corrected chi connectivity index (χ0v) is 17.9. The molecule has 0 amide bonds. The predicted molar refractivity (Wildman–Crippen MR) is 111 cm³/mol. The van der Waals surface area contributed by atoms with Crippen molar-refractivity contribution in [2.24, 2.45) is 0 Å². The minimum atomic E-state index is -1.54. The number of nitrogens with zero attached hydrogens (tertiary/aromatic N) is 7. The van der Waals surface area contributed by atoms with E-state index in [9.17, 15) is 13.2 Å². The van der Waals surface area contributed by atoms with E-state index < -0.39 is 17.5 Å². The van der Waals surface area contributed by atoms with Crippen molar-refractivity contribution in [3.05, 3.63) is 46.1 Å². The minimum Gasteiger partial charge on any atom is -0.378 e.